The third kappa shape index (κ3) is 13.2. The van der Waals surface area contributed by atoms with E-state index in [1.807, 2.05) is 5.32 Å². The number of halogens is 4. The average Bonchev–Trinajstić information content (AvgIpc) is 3.74. The first-order valence-electron chi connectivity index (χ1n) is 15.4. The van der Waals surface area contributed by atoms with Crippen molar-refractivity contribution in [3.8, 4) is 0 Å². The topological polar surface area (TPSA) is 177 Å². The Kier molecular flexibility index (Phi) is 15.4. The zero-order valence-corrected chi connectivity index (χ0v) is 27.5. The van der Waals surface area contributed by atoms with Crippen LogP contribution in [0.4, 0.5) is 17.6 Å². The number of hydrogen-bond acceptors (Lipinski definition) is 10. The molecule has 0 bridgehead atoms. The van der Waals surface area contributed by atoms with Gasteiger partial charge in [-0.15, -0.1) is 0 Å². The monoisotopic (exact) mass is 685 g/mol. The first-order valence-corrected chi connectivity index (χ1v) is 15.4. The van der Waals surface area contributed by atoms with Crippen molar-refractivity contribution in [2.75, 3.05) is 53.2 Å². The molecule has 2 saturated heterocycles. The number of methoxy groups -OCH3 is 1. The molecule has 0 spiro atoms. The molecule has 0 aromatic heterocycles. The van der Waals surface area contributed by atoms with Crippen molar-refractivity contribution in [1.29, 1.82) is 0 Å². The lowest BCUT2D eigenvalue weighted by Crippen LogP contribution is -2.63. The summed E-state index contributed by atoms with van der Waals surface area (Å²) in [5.41, 5.74) is -1.18. The van der Waals surface area contributed by atoms with Crippen molar-refractivity contribution in [1.82, 2.24) is 26.2 Å². The van der Waals surface area contributed by atoms with Crippen LogP contribution in [0, 0.1) is 11.8 Å². The number of Topliss-reactive ketones (excluding diaryl/α,β-unsaturated/α-hetero) is 1. The van der Waals surface area contributed by atoms with Crippen molar-refractivity contribution < 1.29 is 60.5 Å². The Morgan fingerprint density at radius 2 is 1.38 bits per heavy atom. The fraction of sp³-hybridized carbons (Fsp3) is 0.828. The van der Waals surface area contributed by atoms with Crippen molar-refractivity contribution >= 4 is 29.4 Å². The van der Waals surface area contributed by atoms with Crippen LogP contribution >= 0.6 is 0 Å². The Morgan fingerprint density at radius 1 is 0.851 bits per heavy atom. The molecule has 14 nitrogen and oxygen atoms in total. The quantitative estimate of drug-likeness (QED) is 0.102. The van der Waals surface area contributed by atoms with Gasteiger partial charge in [-0.3, -0.25) is 28.9 Å². The van der Waals surface area contributed by atoms with Gasteiger partial charge in [-0.05, 0) is 31.6 Å². The van der Waals surface area contributed by atoms with E-state index in [4.69, 9.17) is 9.47 Å². The molecule has 4 amide bonds. The predicted octanol–water partition coefficient (Wildman–Crippen LogP) is 0.186. The second-order valence-electron chi connectivity index (χ2n) is 12.6. The van der Waals surface area contributed by atoms with E-state index in [0.29, 0.717) is 33.4 Å². The van der Waals surface area contributed by atoms with Crippen LogP contribution in [0.1, 0.15) is 47.5 Å². The third-order valence-electron chi connectivity index (χ3n) is 7.45. The largest absolute Gasteiger partial charge is 0.384 e. The number of nitrogens with zero attached hydrogens (tertiary/aromatic N) is 1. The Morgan fingerprint density at radius 3 is 1.89 bits per heavy atom. The van der Waals surface area contributed by atoms with Crippen molar-refractivity contribution in [2.24, 2.45) is 11.8 Å². The number of ketones is 1. The standard InChI is InChI=1S/C29H47F4N5O9/c1-16(2)11-18(23(40)28(5)15-47-28)35-26(43)22(29(32,33)44-6)37-24(41)19(12-17(3)4)36-25(42)20(14-46-27(30)31)34-21(39)13-38-7-9-45-10-8-38/h16-20,22,27H,7-15H2,1-6H3,(H,34,39)(H,35,43)(H,36,42)(H,37,41)/t18-,19-,20-,22-,28+/m0/s1. The van der Waals surface area contributed by atoms with Gasteiger partial charge in [0.2, 0.25) is 17.7 Å². The molecule has 5 atom stereocenters. The van der Waals surface area contributed by atoms with Gasteiger partial charge in [-0.25, -0.2) is 0 Å². The SMILES string of the molecule is COC(F)(F)[C@@H](NC(=O)[C@H](CC(C)C)NC(=O)[C@H](COC(F)F)NC(=O)CN1CCOCC1)C(=O)N[C@@H](CC(C)C)C(=O)[C@@]1(C)CO1. The fourth-order valence-corrected chi connectivity index (χ4v) is 4.77. The van der Waals surface area contributed by atoms with Crippen LogP contribution in [0.5, 0.6) is 0 Å². The molecule has 0 aromatic rings. The lowest BCUT2D eigenvalue weighted by molar-refractivity contribution is -0.238. The maximum Gasteiger partial charge on any atom is 0.384 e. The van der Waals surface area contributed by atoms with Gasteiger partial charge < -0.3 is 40.2 Å². The molecule has 4 N–H and O–H groups in total. The fourth-order valence-electron chi connectivity index (χ4n) is 4.77. The highest BCUT2D eigenvalue weighted by atomic mass is 19.3. The Hall–Kier alpha value is -2.93. The summed E-state index contributed by atoms with van der Waals surface area (Å²) >= 11 is 0. The summed E-state index contributed by atoms with van der Waals surface area (Å²) in [6.07, 6.45) is -4.31. The van der Waals surface area contributed by atoms with Gasteiger partial charge >= 0.3 is 12.7 Å². The summed E-state index contributed by atoms with van der Waals surface area (Å²) in [6.45, 7) is 5.61. The highest BCUT2D eigenvalue weighted by Crippen LogP contribution is 2.30. The smallest absolute Gasteiger partial charge is 0.379 e. The van der Waals surface area contributed by atoms with Gasteiger partial charge in [-0.2, -0.15) is 17.6 Å². The number of carbonyl (C=O) groups excluding carboxylic acids is 5. The number of carbonyl (C=O) groups is 5. The number of nitrogens with one attached hydrogen (secondary N) is 4. The van der Waals surface area contributed by atoms with Crippen LogP contribution in [0.15, 0.2) is 0 Å². The van der Waals surface area contributed by atoms with Crippen molar-refractivity contribution in [2.45, 2.75) is 89.9 Å². The molecular weight excluding hydrogens is 638 g/mol. The van der Waals surface area contributed by atoms with Gasteiger partial charge in [-0.1, -0.05) is 27.7 Å². The van der Waals surface area contributed by atoms with Crippen LogP contribution in [0.25, 0.3) is 0 Å². The van der Waals surface area contributed by atoms with Crippen LogP contribution in [-0.2, 0) is 42.9 Å². The number of ether oxygens (including phenoxy) is 4. The summed E-state index contributed by atoms with van der Waals surface area (Å²) in [5, 5.41) is 8.80. The van der Waals surface area contributed by atoms with E-state index in [2.05, 4.69) is 25.4 Å². The molecule has 18 heteroatoms. The first-order chi connectivity index (χ1) is 21.9. The highest BCUT2D eigenvalue weighted by Gasteiger charge is 2.52. The Labute approximate surface area is 271 Å². The van der Waals surface area contributed by atoms with Gasteiger partial charge in [0.15, 0.2) is 11.8 Å². The molecule has 0 radical (unpaired) electrons. The van der Waals surface area contributed by atoms with Gasteiger partial charge in [0.25, 0.3) is 5.91 Å². The summed E-state index contributed by atoms with van der Waals surface area (Å²) in [6, 6.07) is -7.12. The predicted molar refractivity (Wildman–Crippen MR) is 157 cm³/mol. The molecule has 2 aliphatic rings. The van der Waals surface area contributed by atoms with E-state index in [-0.39, 0.29) is 37.8 Å². The number of hydrogen-bond donors (Lipinski definition) is 4. The summed E-state index contributed by atoms with van der Waals surface area (Å²) in [4.78, 5) is 67.1. The van der Waals surface area contributed by atoms with E-state index >= 15 is 0 Å². The van der Waals surface area contributed by atoms with Crippen molar-refractivity contribution in [3.63, 3.8) is 0 Å². The molecule has 0 aromatic carbocycles. The van der Waals surface area contributed by atoms with Crippen LogP contribution in [-0.4, -0.2) is 130 Å². The van der Waals surface area contributed by atoms with Crippen LogP contribution in [0.2, 0.25) is 0 Å². The summed E-state index contributed by atoms with van der Waals surface area (Å²) in [7, 11) is 0.614. The summed E-state index contributed by atoms with van der Waals surface area (Å²) in [5.74, 6) is -5.44. The zero-order valence-electron chi connectivity index (χ0n) is 27.5. The highest BCUT2D eigenvalue weighted by molar-refractivity contribution is 5.99. The van der Waals surface area contributed by atoms with Gasteiger partial charge in [0, 0.05) is 20.2 Å². The van der Waals surface area contributed by atoms with Gasteiger partial charge in [0.1, 0.15) is 17.7 Å². The molecule has 2 fully saturated rings. The number of epoxide rings is 1. The van der Waals surface area contributed by atoms with E-state index < -0.39 is 78.5 Å². The molecule has 2 heterocycles. The van der Waals surface area contributed by atoms with Crippen LogP contribution in [0.3, 0.4) is 0 Å². The van der Waals surface area contributed by atoms with E-state index in [1.54, 1.807) is 32.6 Å². The lowest BCUT2D eigenvalue weighted by Gasteiger charge is -2.30. The number of amides is 4. The van der Waals surface area contributed by atoms with E-state index in [1.165, 1.54) is 6.92 Å². The second-order valence-corrected chi connectivity index (χ2v) is 12.6. The van der Waals surface area contributed by atoms with Gasteiger partial charge in [0.05, 0.1) is 39.0 Å². The maximum absolute atomic E-state index is 15.0. The minimum Gasteiger partial charge on any atom is -0.379 e. The lowest BCUT2D eigenvalue weighted by atomic mass is 9.93. The van der Waals surface area contributed by atoms with E-state index in [0.717, 1.165) is 0 Å². The molecule has 0 unspecified atom stereocenters. The maximum atomic E-state index is 15.0. The molecular formula is C29H47F4N5O9. The van der Waals surface area contributed by atoms with E-state index in [9.17, 15) is 41.5 Å². The zero-order chi connectivity index (χ0) is 35.5. The Bertz CT molecular complexity index is 1090. The molecule has 270 valence electrons. The average molecular weight is 686 g/mol. The first kappa shape index (κ1) is 40.2. The van der Waals surface area contributed by atoms with Crippen molar-refractivity contribution in [3.05, 3.63) is 0 Å². The molecule has 47 heavy (non-hydrogen) atoms. The third-order valence-corrected chi connectivity index (χ3v) is 7.45. The number of morpholine rings is 1. The minimum atomic E-state index is -4.27. The number of alkyl halides is 4. The van der Waals surface area contributed by atoms with Crippen LogP contribution < -0.4 is 21.3 Å². The molecule has 0 aliphatic carbocycles. The minimum absolute atomic E-state index is 0.0914. The normalized spacial score (nSPS) is 21.1. The second kappa shape index (κ2) is 18.0. The Balaban J connectivity index is 2.24. The summed E-state index contributed by atoms with van der Waals surface area (Å²) < 4.78 is 74.5. The molecule has 0 saturated carbocycles. The molecule has 2 rings (SSSR count). The number of rotatable bonds is 20. The molecule has 2 aliphatic heterocycles.